The molecule has 2 N–H and O–H groups in total. The molecule has 122 valence electrons. The molecule has 1 unspecified atom stereocenters. The fourth-order valence-corrected chi connectivity index (χ4v) is 2.49. The lowest BCUT2D eigenvalue weighted by atomic mass is 10.0. The molecule has 0 aliphatic carbocycles. The minimum atomic E-state index is -0.779. The first-order valence-electron chi connectivity index (χ1n) is 7.84. The van der Waals surface area contributed by atoms with E-state index in [1.54, 1.807) is 0 Å². The lowest BCUT2D eigenvalue weighted by Crippen LogP contribution is -2.28. The van der Waals surface area contributed by atoms with Crippen molar-refractivity contribution in [1.29, 1.82) is 0 Å². The molecule has 3 aromatic rings. The maximum absolute atomic E-state index is 11.7. The highest BCUT2D eigenvalue weighted by atomic mass is 16.5. The SMILES string of the molecule is O=C(NCC(O)c1ccc2ccccc2c1)OCc1ccccc1. The van der Waals surface area contributed by atoms with Crippen molar-refractivity contribution in [3.8, 4) is 0 Å². The Morgan fingerprint density at radius 2 is 1.67 bits per heavy atom. The van der Waals surface area contributed by atoms with Crippen molar-refractivity contribution in [2.45, 2.75) is 12.7 Å². The Labute approximate surface area is 140 Å². The second kappa shape index (κ2) is 7.62. The maximum atomic E-state index is 11.7. The van der Waals surface area contributed by atoms with Crippen LogP contribution in [0.4, 0.5) is 4.79 Å². The summed E-state index contributed by atoms with van der Waals surface area (Å²) in [5, 5.41) is 15.0. The molecule has 0 aliphatic rings. The molecular weight excluding hydrogens is 302 g/mol. The van der Waals surface area contributed by atoms with Gasteiger partial charge < -0.3 is 15.2 Å². The zero-order valence-electron chi connectivity index (χ0n) is 13.2. The topological polar surface area (TPSA) is 58.6 Å². The molecule has 0 spiro atoms. The van der Waals surface area contributed by atoms with Crippen LogP contribution in [0.3, 0.4) is 0 Å². The van der Waals surface area contributed by atoms with Gasteiger partial charge in [0.15, 0.2) is 0 Å². The molecule has 0 saturated heterocycles. The van der Waals surface area contributed by atoms with Crippen LogP contribution >= 0.6 is 0 Å². The van der Waals surface area contributed by atoms with E-state index in [1.807, 2.05) is 72.8 Å². The Bertz CT molecular complexity index is 817. The van der Waals surface area contributed by atoms with Crippen molar-refractivity contribution in [2.24, 2.45) is 0 Å². The number of alkyl carbamates (subject to hydrolysis) is 1. The number of carbonyl (C=O) groups is 1. The number of hydrogen-bond acceptors (Lipinski definition) is 3. The largest absolute Gasteiger partial charge is 0.445 e. The third-order valence-electron chi connectivity index (χ3n) is 3.81. The highest BCUT2D eigenvalue weighted by molar-refractivity contribution is 5.83. The molecule has 0 saturated carbocycles. The van der Waals surface area contributed by atoms with Gasteiger partial charge in [-0.3, -0.25) is 0 Å². The summed E-state index contributed by atoms with van der Waals surface area (Å²) >= 11 is 0. The van der Waals surface area contributed by atoms with E-state index in [9.17, 15) is 9.90 Å². The number of carbonyl (C=O) groups excluding carboxylic acids is 1. The van der Waals surface area contributed by atoms with Crippen molar-refractivity contribution in [3.63, 3.8) is 0 Å². The van der Waals surface area contributed by atoms with Crippen LogP contribution in [0.25, 0.3) is 10.8 Å². The van der Waals surface area contributed by atoms with Crippen LogP contribution in [0.1, 0.15) is 17.2 Å². The average molecular weight is 321 g/mol. The minimum absolute atomic E-state index is 0.103. The number of aliphatic hydroxyl groups is 1. The Balaban J connectivity index is 1.52. The van der Waals surface area contributed by atoms with Gasteiger partial charge in [-0.05, 0) is 28.0 Å². The zero-order chi connectivity index (χ0) is 16.8. The van der Waals surface area contributed by atoms with Gasteiger partial charge in [-0.1, -0.05) is 66.7 Å². The van der Waals surface area contributed by atoms with Gasteiger partial charge >= 0.3 is 6.09 Å². The molecular formula is C20H19NO3. The summed E-state index contributed by atoms with van der Waals surface area (Å²) in [6.07, 6.45) is -1.32. The van der Waals surface area contributed by atoms with Crippen molar-refractivity contribution in [2.75, 3.05) is 6.54 Å². The van der Waals surface area contributed by atoms with Crippen LogP contribution in [-0.4, -0.2) is 17.7 Å². The molecule has 0 aromatic heterocycles. The van der Waals surface area contributed by atoms with Crippen molar-refractivity contribution >= 4 is 16.9 Å². The van der Waals surface area contributed by atoms with E-state index in [1.165, 1.54) is 0 Å². The van der Waals surface area contributed by atoms with Gasteiger partial charge in [-0.2, -0.15) is 0 Å². The predicted octanol–water partition coefficient (Wildman–Crippen LogP) is 3.80. The molecule has 1 atom stereocenters. The van der Waals surface area contributed by atoms with Gasteiger partial charge in [-0.25, -0.2) is 4.79 Å². The number of ether oxygens (including phenoxy) is 1. The van der Waals surface area contributed by atoms with Crippen LogP contribution in [0.5, 0.6) is 0 Å². The van der Waals surface area contributed by atoms with Crippen LogP contribution in [0.15, 0.2) is 72.8 Å². The number of amides is 1. The van der Waals surface area contributed by atoms with E-state index >= 15 is 0 Å². The van der Waals surface area contributed by atoms with Gasteiger partial charge in [0.1, 0.15) is 6.61 Å². The summed E-state index contributed by atoms with van der Waals surface area (Å²) in [5.41, 5.74) is 1.68. The smallest absolute Gasteiger partial charge is 0.407 e. The first kappa shape index (κ1) is 16.0. The fraction of sp³-hybridized carbons (Fsp3) is 0.150. The van der Waals surface area contributed by atoms with Crippen LogP contribution in [0, 0.1) is 0 Å². The van der Waals surface area contributed by atoms with Gasteiger partial charge in [-0.15, -0.1) is 0 Å². The van der Waals surface area contributed by atoms with Gasteiger partial charge in [0.2, 0.25) is 0 Å². The summed E-state index contributed by atoms with van der Waals surface area (Å²) in [5.74, 6) is 0. The van der Waals surface area contributed by atoms with Gasteiger partial charge in [0, 0.05) is 0 Å². The molecule has 24 heavy (non-hydrogen) atoms. The first-order chi connectivity index (χ1) is 11.7. The van der Waals surface area contributed by atoms with E-state index < -0.39 is 12.2 Å². The van der Waals surface area contributed by atoms with Crippen molar-refractivity contribution in [1.82, 2.24) is 5.32 Å². The van der Waals surface area contributed by atoms with Crippen molar-refractivity contribution < 1.29 is 14.6 Å². The van der Waals surface area contributed by atoms with E-state index in [2.05, 4.69) is 5.32 Å². The molecule has 3 aromatic carbocycles. The van der Waals surface area contributed by atoms with Gasteiger partial charge in [0.25, 0.3) is 0 Å². The number of rotatable bonds is 5. The predicted molar refractivity (Wildman–Crippen MR) is 93.5 cm³/mol. The Kier molecular flexibility index (Phi) is 5.08. The monoisotopic (exact) mass is 321 g/mol. The molecule has 0 fully saturated rings. The standard InChI is InChI=1S/C20H19NO3/c22-19(18-11-10-16-8-4-5-9-17(16)12-18)13-21-20(23)24-14-15-6-2-1-3-7-15/h1-12,19,22H,13-14H2,(H,21,23). The zero-order valence-corrected chi connectivity index (χ0v) is 13.2. The van der Waals surface area contributed by atoms with Crippen LogP contribution in [0.2, 0.25) is 0 Å². The number of nitrogens with one attached hydrogen (secondary N) is 1. The fourth-order valence-electron chi connectivity index (χ4n) is 2.49. The molecule has 0 heterocycles. The summed E-state index contributed by atoms with van der Waals surface area (Å²) in [6, 6.07) is 23.2. The molecule has 4 nitrogen and oxygen atoms in total. The average Bonchev–Trinajstić information content (AvgIpc) is 2.65. The third-order valence-corrected chi connectivity index (χ3v) is 3.81. The highest BCUT2D eigenvalue weighted by Gasteiger charge is 2.10. The van der Waals surface area contributed by atoms with E-state index in [-0.39, 0.29) is 13.2 Å². The summed E-state index contributed by atoms with van der Waals surface area (Å²) < 4.78 is 5.12. The third kappa shape index (κ3) is 4.12. The number of aliphatic hydroxyl groups excluding tert-OH is 1. The van der Waals surface area contributed by atoms with Crippen LogP contribution in [-0.2, 0) is 11.3 Å². The molecule has 3 rings (SSSR count). The lowest BCUT2D eigenvalue weighted by Gasteiger charge is -2.13. The second-order valence-corrected chi connectivity index (χ2v) is 5.57. The summed E-state index contributed by atoms with van der Waals surface area (Å²) in [4.78, 5) is 11.7. The highest BCUT2D eigenvalue weighted by Crippen LogP contribution is 2.20. The summed E-state index contributed by atoms with van der Waals surface area (Å²) in [6.45, 7) is 0.310. The quantitative estimate of drug-likeness (QED) is 0.751. The molecule has 0 radical (unpaired) electrons. The second-order valence-electron chi connectivity index (χ2n) is 5.57. The molecule has 0 bridgehead atoms. The van der Waals surface area contributed by atoms with Crippen molar-refractivity contribution in [3.05, 3.63) is 83.9 Å². The number of fused-ring (bicyclic) bond motifs is 1. The first-order valence-corrected chi connectivity index (χ1v) is 7.84. The Morgan fingerprint density at radius 1 is 0.958 bits per heavy atom. The van der Waals surface area contributed by atoms with Crippen LogP contribution < -0.4 is 5.32 Å². The normalized spacial score (nSPS) is 11.9. The van der Waals surface area contributed by atoms with E-state index in [0.717, 1.165) is 21.9 Å². The minimum Gasteiger partial charge on any atom is -0.445 e. The molecule has 0 aliphatic heterocycles. The number of hydrogen-bond donors (Lipinski definition) is 2. The Morgan fingerprint density at radius 3 is 2.46 bits per heavy atom. The van der Waals surface area contributed by atoms with Gasteiger partial charge in [0.05, 0.1) is 12.6 Å². The number of benzene rings is 3. The Hall–Kier alpha value is -2.85. The summed E-state index contributed by atoms with van der Waals surface area (Å²) in [7, 11) is 0. The van der Waals surface area contributed by atoms with E-state index in [4.69, 9.17) is 4.74 Å². The molecule has 1 amide bonds. The maximum Gasteiger partial charge on any atom is 0.407 e. The van der Waals surface area contributed by atoms with E-state index in [0.29, 0.717) is 0 Å². The molecule has 4 heteroatoms. The lowest BCUT2D eigenvalue weighted by molar-refractivity contribution is 0.126.